The molecule has 1 N–H and O–H groups in total. The summed E-state index contributed by atoms with van der Waals surface area (Å²) in [6.45, 7) is 0.943. The third-order valence-electron chi connectivity index (χ3n) is 2.81. The Kier molecular flexibility index (Phi) is 4.93. The van der Waals surface area contributed by atoms with Gasteiger partial charge >= 0.3 is 0 Å². The molecule has 2 aromatic carbocycles. The Hall–Kier alpha value is -1.39. The first-order valence-electron chi connectivity index (χ1n) is 5.96. The molecule has 0 unspecified atom stereocenters. The zero-order valence-electron chi connectivity index (χ0n) is 10.6. The van der Waals surface area contributed by atoms with Crippen LogP contribution in [0, 0.1) is 11.6 Å². The SMILES string of the molecule is CSc1ccc(CNCc2cc(F)ccc2F)cc1. The van der Waals surface area contributed by atoms with E-state index in [0.29, 0.717) is 18.7 Å². The molecule has 4 heteroatoms. The summed E-state index contributed by atoms with van der Waals surface area (Å²) < 4.78 is 26.4. The van der Waals surface area contributed by atoms with E-state index >= 15 is 0 Å². The Morgan fingerprint density at radius 1 is 1.00 bits per heavy atom. The predicted octanol–water partition coefficient (Wildman–Crippen LogP) is 3.98. The highest BCUT2D eigenvalue weighted by Gasteiger charge is 2.03. The normalized spacial score (nSPS) is 10.7. The molecule has 0 amide bonds. The second-order valence-corrected chi connectivity index (χ2v) is 5.07. The van der Waals surface area contributed by atoms with Crippen LogP contribution >= 0.6 is 11.8 Å². The van der Waals surface area contributed by atoms with Gasteiger partial charge in [0.05, 0.1) is 0 Å². The zero-order chi connectivity index (χ0) is 13.7. The van der Waals surface area contributed by atoms with Crippen molar-refractivity contribution in [2.45, 2.75) is 18.0 Å². The second kappa shape index (κ2) is 6.68. The maximum absolute atomic E-state index is 13.4. The molecule has 0 bridgehead atoms. The van der Waals surface area contributed by atoms with Crippen LogP contribution in [0.2, 0.25) is 0 Å². The molecule has 2 rings (SSSR count). The summed E-state index contributed by atoms with van der Waals surface area (Å²) in [5.41, 5.74) is 1.47. The Morgan fingerprint density at radius 3 is 2.42 bits per heavy atom. The van der Waals surface area contributed by atoms with Crippen LogP contribution in [0.3, 0.4) is 0 Å². The summed E-state index contributed by atoms with van der Waals surface area (Å²) >= 11 is 1.69. The van der Waals surface area contributed by atoms with Crippen molar-refractivity contribution in [1.29, 1.82) is 0 Å². The molecular formula is C15H15F2NS. The van der Waals surface area contributed by atoms with Crippen molar-refractivity contribution in [3.63, 3.8) is 0 Å². The number of thioether (sulfide) groups is 1. The molecule has 0 fully saturated rings. The van der Waals surface area contributed by atoms with Gasteiger partial charge in [-0.3, -0.25) is 0 Å². The minimum atomic E-state index is -0.414. The lowest BCUT2D eigenvalue weighted by Crippen LogP contribution is -2.13. The molecule has 0 atom stereocenters. The highest BCUT2D eigenvalue weighted by molar-refractivity contribution is 7.98. The van der Waals surface area contributed by atoms with Crippen LogP contribution in [0.1, 0.15) is 11.1 Å². The van der Waals surface area contributed by atoms with E-state index in [1.54, 1.807) is 11.8 Å². The van der Waals surface area contributed by atoms with Gasteiger partial charge in [-0.05, 0) is 42.2 Å². The van der Waals surface area contributed by atoms with Crippen LogP contribution in [-0.4, -0.2) is 6.26 Å². The van der Waals surface area contributed by atoms with Crippen molar-refractivity contribution >= 4 is 11.8 Å². The Balaban J connectivity index is 1.90. The standard InChI is InChI=1S/C15H15F2NS/c1-19-14-5-2-11(3-6-14)9-18-10-12-8-13(16)4-7-15(12)17/h2-8,18H,9-10H2,1H3. The fourth-order valence-electron chi connectivity index (χ4n) is 1.76. The van der Waals surface area contributed by atoms with Crippen molar-refractivity contribution in [1.82, 2.24) is 5.32 Å². The maximum atomic E-state index is 13.4. The molecule has 100 valence electrons. The average Bonchev–Trinajstić information content (AvgIpc) is 2.43. The molecule has 1 nitrogen and oxygen atoms in total. The van der Waals surface area contributed by atoms with Crippen LogP contribution in [0.5, 0.6) is 0 Å². The Morgan fingerprint density at radius 2 is 1.74 bits per heavy atom. The molecule has 0 saturated heterocycles. The fraction of sp³-hybridized carbons (Fsp3) is 0.200. The van der Waals surface area contributed by atoms with Crippen molar-refractivity contribution < 1.29 is 8.78 Å². The molecule has 0 aliphatic rings. The number of nitrogens with one attached hydrogen (secondary N) is 1. The van der Waals surface area contributed by atoms with Gasteiger partial charge in [0.1, 0.15) is 11.6 Å². The minimum absolute atomic E-state index is 0.313. The average molecular weight is 279 g/mol. The molecule has 0 aliphatic heterocycles. The Labute approximate surface area is 116 Å². The lowest BCUT2D eigenvalue weighted by atomic mass is 10.2. The molecule has 0 aliphatic carbocycles. The van der Waals surface area contributed by atoms with E-state index in [1.807, 2.05) is 30.5 Å². The van der Waals surface area contributed by atoms with Crippen LogP contribution in [0.4, 0.5) is 8.78 Å². The largest absolute Gasteiger partial charge is 0.309 e. The molecule has 0 aromatic heterocycles. The van der Waals surface area contributed by atoms with Gasteiger partial charge in [0.25, 0.3) is 0 Å². The minimum Gasteiger partial charge on any atom is -0.309 e. The summed E-state index contributed by atoms with van der Waals surface area (Å²) in [5.74, 6) is -0.797. The first-order chi connectivity index (χ1) is 9.19. The van der Waals surface area contributed by atoms with Gasteiger partial charge < -0.3 is 5.32 Å². The topological polar surface area (TPSA) is 12.0 Å². The number of halogens is 2. The van der Waals surface area contributed by atoms with Gasteiger partial charge in [-0.25, -0.2) is 8.78 Å². The molecule has 0 radical (unpaired) electrons. The van der Waals surface area contributed by atoms with E-state index in [-0.39, 0.29) is 5.82 Å². The van der Waals surface area contributed by atoms with Crippen LogP contribution in [0.15, 0.2) is 47.4 Å². The van der Waals surface area contributed by atoms with Crippen molar-refractivity contribution in [2.75, 3.05) is 6.26 Å². The first-order valence-corrected chi connectivity index (χ1v) is 7.19. The third-order valence-corrected chi connectivity index (χ3v) is 3.55. The zero-order valence-corrected chi connectivity index (χ0v) is 11.4. The molecule has 0 spiro atoms. The number of hydrogen-bond donors (Lipinski definition) is 1. The fourth-order valence-corrected chi connectivity index (χ4v) is 2.17. The van der Waals surface area contributed by atoms with Gasteiger partial charge in [0.2, 0.25) is 0 Å². The van der Waals surface area contributed by atoms with Crippen molar-refractivity contribution in [3.05, 3.63) is 65.2 Å². The van der Waals surface area contributed by atoms with Crippen molar-refractivity contribution in [2.24, 2.45) is 0 Å². The van der Waals surface area contributed by atoms with E-state index in [0.717, 1.165) is 17.7 Å². The second-order valence-electron chi connectivity index (χ2n) is 4.19. The van der Waals surface area contributed by atoms with Crippen LogP contribution < -0.4 is 5.32 Å². The highest BCUT2D eigenvalue weighted by atomic mass is 32.2. The number of rotatable bonds is 5. The molecule has 19 heavy (non-hydrogen) atoms. The van der Waals surface area contributed by atoms with E-state index in [9.17, 15) is 8.78 Å². The van der Waals surface area contributed by atoms with E-state index < -0.39 is 5.82 Å². The van der Waals surface area contributed by atoms with Gasteiger partial charge in [0, 0.05) is 23.5 Å². The maximum Gasteiger partial charge on any atom is 0.127 e. The summed E-state index contributed by atoms with van der Waals surface area (Å²) in [7, 11) is 0. The number of hydrogen-bond acceptors (Lipinski definition) is 2. The van der Waals surface area contributed by atoms with E-state index in [2.05, 4.69) is 5.32 Å². The van der Waals surface area contributed by atoms with Crippen LogP contribution in [-0.2, 0) is 13.1 Å². The molecule has 2 aromatic rings. The lowest BCUT2D eigenvalue weighted by molar-refractivity contribution is 0.568. The van der Waals surface area contributed by atoms with Crippen LogP contribution in [0.25, 0.3) is 0 Å². The first kappa shape index (κ1) is 14.0. The van der Waals surface area contributed by atoms with Gasteiger partial charge in [-0.2, -0.15) is 0 Å². The van der Waals surface area contributed by atoms with Gasteiger partial charge in [0.15, 0.2) is 0 Å². The summed E-state index contributed by atoms with van der Waals surface area (Å²) in [4.78, 5) is 1.21. The van der Waals surface area contributed by atoms with Gasteiger partial charge in [-0.1, -0.05) is 12.1 Å². The van der Waals surface area contributed by atoms with E-state index in [1.165, 1.54) is 11.0 Å². The summed E-state index contributed by atoms with van der Waals surface area (Å²) in [6.07, 6.45) is 2.03. The van der Waals surface area contributed by atoms with Crippen molar-refractivity contribution in [3.8, 4) is 0 Å². The number of benzene rings is 2. The lowest BCUT2D eigenvalue weighted by Gasteiger charge is -2.07. The third kappa shape index (κ3) is 4.04. The Bertz CT molecular complexity index is 540. The molecule has 0 heterocycles. The predicted molar refractivity (Wildman–Crippen MR) is 75.1 cm³/mol. The monoisotopic (exact) mass is 279 g/mol. The quantitative estimate of drug-likeness (QED) is 0.831. The highest BCUT2D eigenvalue weighted by Crippen LogP contribution is 2.15. The molecular weight excluding hydrogens is 264 g/mol. The molecule has 0 saturated carbocycles. The van der Waals surface area contributed by atoms with E-state index in [4.69, 9.17) is 0 Å². The smallest absolute Gasteiger partial charge is 0.127 e. The summed E-state index contributed by atoms with van der Waals surface area (Å²) in [5, 5.41) is 3.11. The van der Waals surface area contributed by atoms with Gasteiger partial charge in [-0.15, -0.1) is 11.8 Å². The summed E-state index contributed by atoms with van der Waals surface area (Å²) in [6, 6.07) is 11.6.